The minimum atomic E-state index is -4.65. The molecule has 20 heavy (non-hydrogen) atoms. The molecule has 0 aliphatic heterocycles. The molecule has 0 saturated heterocycles. The normalized spacial score (nSPS) is 12.3. The summed E-state index contributed by atoms with van der Waals surface area (Å²) in [5.41, 5.74) is -1.16. The second kappa shape index (κ2) is 4.70. The molecule has 0 saturated carbocycles. The van der Waals surface area contributed by atoms with Gasteiger partial charge in [-0.25, -0.2) is 4.79 Å². The molecule has 0 radical (unpaired) electrons. The van der Waals surface area contributed by atoms with Gasteiger partial charge in [0.25, 0.3) is 0 Å². The van der Waals surface area contributed by atoms with Gasteiger partial charge in [0.2, 0.25) is 5.76 Å². The number of carboxylic acids is 1. The molecule has 2 rings (SSSR count). The van der Waals surface area contributed by atoms with E-state index in [1.165, 1.54) is 6.07 Å². The lowest BCUT2D eigenvalue weighted by molar-refractivity contribution is -0.136. The van der Waals surface area contributed by atoms with Crippen molar-refractivity contribution in [3.63, 3.8) is 0 Å². The van der Waals surface area contributed by atoms with Crippen LogP contribution >= 0.6 is 11.6 Å². The smallest absolute Gasteiger partial charge is 0.420 e. The van der Waals surface area contributed by atoms with Crippen molar-refractivity contribution >= 4 is 28.5 Å². The van der Waals surface area contributed by atoms with Crippen molar-refractivity contribution in [1.82, 2.24) is 0 Å². The number of furan rings is 1. The van der Waals surface area contributed by atoms with Crippen LogP contribution in [0.1, 0.15) is 41.4 Å². The molecule has 0 bridgehead atoms. The zero-order valence-corrected chi connectivity index (χ0v) is 11.3. The second-order valence-corrected chi connectivity index (χ2v) is 5.03. The summed E-state index contributed by atoms with van der Waals surface area (Å²) in [4.78, 5) is 10.9. The molecule has 1 heterocycles. The van der Waals surface area contributed by atoms with E-state index in [4.69, 9.17) is 21.1 Å². The van der Waals surface area contributed by atoms with Crippen LogP contribution in [0.4, 0.5) is 13.2 Å². The highest BCUT2D eigenvalue weighted by atomic mass is 35.5. The van der Waals surface area contributed by atoms with Gasteiger partial charge in [-0.15, -0.1) is 0 Å². The topological polar surface area (TPSA) is 50.4 Å². The van der Waals surface area contributed by atoms with Crippen molar-refractivity contribution < 1.29 is 27.5 Å². The van der Waals surface area contributed by atoms with Crippen molar-refractivity contribution in [3.05, 3.63) is 34.0 Å². The van der Waals surface area contributed by atoms with Gasteiger partial charge in [0.15, 0.2) is 0 Å². The van der Waals surface area contributed by atoms with Gasteiger partial charge in [-0.2, -0.15) is 13.2 Å². The van der Waals surface area contributed by atoms with Gasteiger partial charge < -0.3 is 9.52 Å². The molecule has 2 aromatic rings. The first-order valence-electron chi connectivity index (χ1n) is 5.69. The molecular weight excluding hydrogens is 297 g/mol. The molecule has 0 fully saturated rings. The van der Waals surface area contributed by atoms with Crippen LogP contribution in [0, 0.1) is 0 Å². The van der Waals surface area contributed by atoms with Gasteiger partial charge in [0, 0.05) is 5.39 Å². The monoisotopic (exact) mass is 306 g/mol. The summed E-state index contributed by atoms with van der Waals surface area (Å²) in [6, 6.07) is 2.38. The molecule has 108 valence electrons. The zero-order chi connectivity index (χ0) is 15.2. The van der Waals surface area contributed by atoms with E-state index in [-0.39, 0.29) is 16.3 Å². The third kappa shape index (κ3) is 2.35. The summed E-state index contributed by atoms with van der Waals surface area (Å²) in [7, 11) is 0. The van der Waals surface area contributed by atoms with E-state index < -0.39 is 29.1 Å². The van der Waals surface area contributed by atoms with Crippen molar-refractivity contribution in [2.75, 3.05) is 0 Å². The van der Waals surface area contributed by atoms with E-state index in [2.05, 4.69) is 0 Å². The van der Waals surface area contributed by atoms with E-state index in [1.807, 2.05) is 0 Å². The molecule has 1 N–H and O–H groups in total. The first kappa shape index (κ1) is 14.7. The van der Waals surface area contributed by atoms with Crippen LogP contribution in [0.15, 0.2) is 16.5 Å². The summed E-state index contributed by atoms with van der Waals surface area (Å²) >= 11 is 5.81. The number of halogens is 4. The lowest BCUT2D eigenvalue weighted by Crippen LogP contribution is -2.06. The summed E-state index contributed by atoms with van der Waals surface area (Å²) in [6.07, 6.45) is -4.65. The molecule has 0 aliphatic rings. The number of rotatable bonds is 2. The van der Waals surface area contributed by atoms with Crippen LogP contribution in [-0.2, 0) is 6.18 Å². The summed E-state index contributed by atoms with van der Waals surface area (Å²) in [6.45, 7) is 3.46. The SMILES string of the molecule is CC(C)c1cc(C(F)(F)F)c2oc(C(=O)O)c(Cl)c2c1. The number of aromatic carboxylic acids is 1. The van der Waals surface area contributed by atoms with Crippen LogP contribution in [0.2, 0.25) is 5.02 Å². The molecular formula is C13H10ClF3O3. The number of benzene rings is 1. The van der Waals surface area contributed by atoms with E-state index in [9.17, 15) is 18.0 Å². The first-order chi connectivity index (χ1) is 9.12. The number of carbonyl (C=O) groups is 1. The fourth-order valence-corrected chi connectivity index (χ4v) is 2.13. The van der Waals surface area contributed by atoms with Crippen molar-refractivity contribution in [1.29, 1.82) is 0 Å². The molecule has 0 aliphatic carbocycles. The molecule has 1 aromatic heterocycles. The van der Waals surface area contributed by atoms with Gasteiger partial charge in [-0.05, 0) is 23.6 Å². The quantitative estimate of drug-likeness (QED) is 0.856. The van der Waals surface area contributed by atoms with Crippen LogP contribution in [-0.4, -0.2) is 11.1 Å². The predicted octanol–water partition coefficient (Wildman–Crippen LogP) is 4.93. The van der Waals surface area contributed by atoms with E-state index >= 15 is 0 Å². The average molecular weight is 307 g/mol. The summed E-state index contributed by atoms with van der Waals surface area (Å²) in [5, 5.41) is 8.52. The standard InChI is InChI=1S/C13H10ClF3O3/c1-5(2)6-3-7-9(14)11(12(18)19)20-10(7)8(4-6)13(15,16)17/h3-5H,1-2H3,(H,18,19). The van der Waals surface area contributed by atoms with Crippen molar-refractivity contribution in [2.24, 2.45) is 0 Å². The average Bonchev–Trinajstić information content (AvgIpc) is 2.64. The Labute approximate surface area is 116 Å². The lowest BCUT2D eigenvalue weighted by atomic mass is 9.98. The maximum absolute atomic E-state index is 13.1. The van der Waals surface area contributed by atoms with Crippen molar-refractivity contribution in [2.45, 2.75) is 25.9 Å². The molecule has 7 heteroatoms. The highest BCUT2D eigenvalue weighted by Crippen LogP contribution is 2.41. The molecule has 0 unspecified atom stereocenters. The number of fused-ring (bicyclic) bond motifs is 1. The van der Waals surface area contributed by atoms with Crippen LogP contribution in [0.5, 0.6) is 0 Å². The molecule has 3 nitrogen and oxygen atoms in total. The zero-order valence-electron chi connectivity index (χ0n) is 10.5. The number of hydrogen-bond donors (Lipinski definition) is 1. The summed E-state index contributed by atoms with van der Waals surface area (Å²) in [5.74, 6) is -2.36. The number of carboxylic acid groups (broad SMARTS) is 1. The Morgan fingerprint density at radius 1 is 1.35 bits per heavy atom. The molecule has 0 spiro atoms. The van der Waals surface area contributed by atoms with Gasteiger partial charge >= 0.3 is 12.1 Å². The maximum atomic E-state index is 13.1. The van der Waals surface area contributed by atoms with Crippen LogP contribution in [0.3, 0.4) is 0 Å². The van der Waals surface area contributed by atoms with E-state index in [0.717, 1.165) is 6.07 Å². The van der Waals surface area contributed by atoms with Gasteiger partial charge in [0.1, 0.15) is 10.6 Å². The minimum absolute atomic E-state index is 0.0393. The predicted molar refractivity (Wildman–Crippen MR) is 67.3 cm³/mol. The maximum Gasteiger partial charge on any atom is 0.420 e. The highest BCUT2D eigenvalue weighted by Gasteiger charge is 2.36. The van der Waals surface area contributed by atoms with Crippen LogP contribution < -0.4 is 0 Å². The second-order valence-electron chi connectivity index (χ2n) is 4.65. The Morgan fingerprint density at radius 3 is 2.40 bits per heavy atom. The first-order valence-corrected chi connectivity index (χ1v) is 6.07. The Morgan fingerprint density at radius 2 is 1.95 bits per heavy atom. The van der Waals surface area contributed by atoms with Gasteiger partial charge in [-0.1, -0.05) is 25.4 Å². The van der Waals surface area contributed by atoms with Gasteiger partial charge in [0.05, 0.1) is 5.56 Å². The fourth-order valence-electron chi connectivity index (χ4n) is 1.87. The number of hydrogen-bond acceptors (Lipinski definition) is 2. The van der Waals surface area contributed by atoms with E-state index in [1.54, 1.807) is 13.8 Å². The summed E-state index contributed by atoms with van der Waals surface area (Å²) < 4.78 is 44.0. The minimum Gasteiger partial charge on any atom is -0.475 e. The lowest BCUT2D eigenvalue weighted by Gasteiger charge is -2.11. The van der Waals surface area contributed by atoms with E-state index in [0.29, 0.717) is 5.56 Å². The van der Waals surface area contributed by atoms with Crippen LogP contribution in [0.25, 0.3) is 11.0 Å². The van der Waals surface area contributed by atoms with Gasteiger partial charge in [-0.3, -0.25) is 0 Å². The third-order valence-corrected chi connectivity index (χ3v) is 3.29. The third-order valence-electron chi connectivity index (χ3n) is 2.92. The Hall–Kier alpha value is -1.69. The number of alkyl halides is 3. The molecule has 1 aromatic carbocycles. The fraction of sp³-hybridized carbons (Fsp3) is 0.308. The Balaban J connectivity index is 2.89. The Bertz CT molecular complexity index is 686. The highest BCUT2D eigenvalue weighted by molar-refractivity contribution is 6.38. The molecule has 0 amide bonds. The largest absolute Gasteiger partial charge is 0.475 e. The van der Waals surface area contributed by atoms with Crippen molar-refractivity contribution in [3.8, 4) is 0 Å². The molecule has 0 atom stereocenters. The Kier molecular flexibility index (Phi) is 3.46.